The van der Waals surface area contributed by atoms with E-state index in [0.717, 1.165) is 16.5 Å². The van der Waals surface area contributed by atoms with Gasteiger partial charge >= 0.3 is 6.09 Å². The summed E-state index contributed by atoms with van der Waals surface area (Å²) in [4.78, 5) is 24.1. The van der Waals surface area contributed by atoms with Crippen LogP contribution in [0.15, 0.2) is 42.5 Å². The molecule has 4 rings (SSSR count). The first kappa shape index (κ1) is 18.9. The highest BCUT2D eigenvalue weighted by Gasteiger charge is 2.31. The number of amides is 1. The van der Waals surface area contributed by atoms with Gasteiger partial charge in [-0.3, -0.25) is 4.90 Å². The summed E-state index contributed by atoms with van der Waals surface area (Å²) in [6.45, 7) is 2.75. The van der Waals surface area contributed by atoms with E-state index >= 15 is 0 Å². The molecule has 1 amide bonds. The molecule has 1 aromatic heterocycles. The Morgan fingerprint density at radius 2 is 1.97 bits per heavy atom. The lowest BCUT2D eigenvalue weighted by Gasteiger charge is -2.40. The van der Waals surface area contributed by atoms with Gasteiger partial charge in [0.15, 0.2) is 5.82 Å². The number of nitrogens with zero attached hydrogens (tertiary/aromatic N) is 4. The maximum atomic E-state index is 11.4. The SMILES string of the molecule is Cc1ccc2c(N3CCN(C(=O)O)C(CO)C3)nc(-c3ccccc3O)nc2c1. The van der Waals surface area contributed by atoms with Gasteiger partial charge in [-0.1, -0.05) is 18.2 Å². The fourth-order valence-electron chi connectivity index (χ4n) is 3.70. The van der Waals surface area contributed by atoms with E-state index in [1.165, 1.54) is 4.90 Å². The lowest BCUT2D eigenvalue weighted by atomic mass is 10.1. The van der Waals surface area contributed by atoms with Gasteiger partial charge in [0, 0.05) is 25.0 Å². The Hall–Kier alpha value is -3.39. The van der Waals surface area contributed by atoms with Crippen molar-refractivity contribution in [3.8, 4) is 17.1 Å². The fourth-order valence-corrected chi connectivity index (χ4v) is 3.70. The van der Waals surface area contributed by atoms with Crippen LogP contribution in [0, 0.1) is 6.92 Å². The number of hydrogen-bond donors (Lipinski definition) is 3. The van der Waals surface area contributed by atoms with Crippen molar-refractivity contribution in [1.29, 1.82) is 0 Å². The van der Waals surface area contributed by atoms with Gasteiger partial charge in [0.25, 0.3) is 0 Å². The molecular weight excluding hydrogens is 372 g/mol. The number of anilines is 1. The summed E-state index contributed by atoms with van der Waals surface area (Å²) in [5, 5.41) is 30.2. The number of aliphatic hydroxyl groups excluding tert-OH is 1. The zero-order valence-corrected chi connectivity index (χ0v) is 16.0. The number of carbonyl (C=O) groups is 1. The largest absolute Gasteiger partial charge is 0.507 e. The smallest absolute Gasteiger partial charge is 0.407 e. The first-order valence-corrected chi connectivity index (χ1v) is 9.40. The Morgan fingerprint density at radius 1 is 1.17 bits per heavy atom. The van der Waals surface area contributed by atoms with Crippen molar-refractivity contribution in [2.24, 2.45) is 0 Å². The minimum Gasteiger partial charge on any atom is -0.507 e. The van der Waals surface area contributed by atoms with Crippen molar-refractivity contribution in [2.75, 3.05) is 31.1 Å². The number of aromatic nitrogens is 2. The third-order valence-electron chi connectivity index (χ3n) is 5.22. The molecule has 1 aliphatic heterocycles. The molecule has 8 nitrogen and oxygen atoms in total. The van der Waals surface area contributed by atoms with E-state index in [1.54, 1.807) is 18.2 Å². The number of carboxylic acid groups (broad SMARTS) is 1. The van der Waals surface area contributed by atoms with Crippen molar-refractivity contribution in [2.45, 2.75) is 13.0 Å². The average molecular weight is 394 g/mol. The van der Waals surface area contributed by atoms with E-state index < -0.39 is 12.1 Å². The molecule has 1 unspecified atom stereocenters. The lowest BCUT2D eigenvalue weighted by Crippen LogP contribution is -2.56. The zero-order valence-electron chi connectivity index (χ0n) is 16.0. The molecule has 2 aromatic carbocycles. The van der Waals surface area contributed by atoms with Gasteiger partial charge in [0.1, 0.15) is 11.6 Å². The number of rotatable bonds is 3. The topological polar surface area (TPSA) is 110 Å². The molecule has 8 heteroatoms. The predicted octanol–water partition coefficient (Wildman–Crippen LogP) is 2.47. The number of aliphatic hydroxyl groups is 1. The van der Waals surface area contributed by atoms with E-state index in [9.17, 15) is 20.1 Å². The van der Waals surface area contributed by atoms with Gasteiger partial charge in [-0.2, -0.15) is 0 Å². The number of phenolic OH excluding ortho intramolecular Hbond substituents is 1. The van der Waals surface area contributed by atoms with Gasteiger partial charge in [0.2, 0.25) is 0 Å². The van der Waals surface area contributed by atoms with Crippen LogP contribution in [0.25, 0.3) is 22.3 Å². The van der Waals surface area contributed by atoms with Crippen molar-refractivity contribution >= 4 is 22.8 Å². The molecule has 29 heavy (non-hydrogen) atoms. The molecule has 0 aliphatic carbocycles. The predicted molar refractivity (Wildman–Crippen MR) is 109 cm³/mol. The molecule has 0 spiro atoms. The van der Waals surface area contributed by atoms with E-state index in [4.69, 9.17) is 4.98 Å². The Labute approximate surface area is 167 Å². The second-order valence-corrected chi connectivity index (χ2v) is 7.17. The van der Waals surface area contributed by atoms with Crippen molar-refractivity contribution in [1.82, 2.24) is 14.9 Å². The molecule has 1 fully saturated rings. The number of aryl methyl sites for hydroxylation is 1. The van der Waals surface area contributed by atoms with Crippen molar-refractivity contribution in [3.05, 3.63) is 48.0 Å². The monoisotopic (exact) mass is 394 g/mol. The van der Waals surface area contributed by atoms with E-state index in [1.807, 2.05) is 36.1 Å². The average Bonchev–Trinajstić information content (AvgIpc) is 2.72. The second-order valence-electron chi connectivity index (χ2n) is 7.17. The van der Waals surface area contributed by atoms with Crippen LogP contribution in [0.2, 0.25) is 0 Å². The second kappa shape index (κ2) is 7.56. The maximum absolute atomic E-state index is 11.4. The van der Waals surface area contributed by atoms with Gasteiger partial charge < -0.3 is 20.2 Å². The van der Waals surface area contributed by atoms with Crippen LogP contribution in [0.4, 0.5) is 10.6 Å². The first-order valence-electron chi connectivity index (χ1n) is 9.40. The summed E-state index contributed by atoms with van der Waals surface area (Å²) in [6, 6.07) is 12.2. The van der Waals surface area contributed by atoms with Crippen LogP contribution in [0.3, 0.4) is 0 Å². The molecule has 3 N–H and O–H groups in total. The summed E-state index contributed by atoms with van der Waals surface area (Å²) in [7, 11) is 0. The summed E-state index contributed by atoms with van der Waals surface area (Å²) in [5.74, 6) is 1.16. The maximum Gasteiger partial charge on any atom is 0.407 e. The number of fused-ring (bicyclic) bond motifs is 1. The summed E-state index contributed by atoms with van der Waals surface area (Å²) < 4.78 is 0. The highest BCUT2D eigenvalue weighted by molar-refractivity contribution is 5.92. The molecule has 150 valence electrons. The van der Waals surface area contributed by atoms with E-state index in [-0.39, 0.29) is 18.9 Å². The van der Waals surface area contributed by atoms with Gasteiger partial charge in [-0.05, 0) is 36.8 Å². The van der Waals surface area contributed by atoms with Crippen LogP contribution < -0.4 is 4.90 Å². The number of phenols is 1. The first-order chi connectivity index (χ1) is 14.0. The minimum atomic E-state index is -1.04. The standard InChI is InChI=1S/C21H22N4O4/c1-13-6-7-15-17(10-13)22-19(16-4-2-3-5-18(16)27)23-20(15)24-8-9-25(21(28)29)14(11-24)12-26/h2-7,10,14,26-27H,8-9,11-12H2,1H3,(H,28,29). The van der Waals surface area contributed by atoms with Crippen molar-refractivity contribution in [3.63, 3.8) is 0 Å². The van der Waals surface area contributed by atoms with Gasteiger partial charge in [-0.15, -0.1) is 0 Å². The van der Waals surface area contributed by atoms with E-state index in [0.29, 0.717) is 30.3 Å². The Kier molecular flexibility index (Phi) is 4.94. The molecular formula is C21H22N4O4. The molecule has 1 atom stereocenters. The third kappa shape index (κ3) is 3.54. The number of aromatic hydroxyl groups is 1. The number of piperazine rings is 1. The highest BCUT2D eigenvalue weighted by Crippen LogP contribution is 2.32. The lowest BCUT2D eigenvalue weighted by molar-refractivity contribution is 0.0909. The number of benzene rings is 2. The van der Waals surface area contributed by atoms with Crippen LogP contribution >= 0.6 is 0 Å². The molecule has 1 saturated heterocycles. The van der Waals surface area contributed by atoms with Gasteiger partial charge in [-0.25, -0.2) is 14.8 Å². The Balaban J connectivity index is 1.83. The molecule has 0 radical (unpaired) electrons. The van der Waals surface area contributed by atoms with Crippen LogP contribution in [-0.4, -0.2) is 68.6 Å². The molecule has 1 aliphatic rings. The summed E-state index contributed by atoms with van der Waals surface area (Å²) in [5.41, 5.74) is 2.32. The number of para-hydroxylation sites is 1. The summed E-state index contributed by atoms with van der Waals surface area (Å²) in [6.07, 6.45) is -1.04. The Bertz CT molecular complexity index is 1070. The Morgan fingerprint density at radius 3 is 2.69 bits per heavy atom. The highest BCUT2D eigenvalue weighted by atomic mass is 16.4. The fraction of sp³-hybridized carbons (Fsp3) is 0.286. The molecule has 0 saturated carbocycles. The van der Waals surface area contributed by atoms with E-state index in [2.05, 4.69) is 4.98 Å². The third-order valence-corrected chi connectivity index (χ3v) is 5.22. The van der Waals surface area contributed by atoms with Crippen LogP contribution in [0.1, 0.15) is 5.56 Å². The molecule has 2 heterocycles. The van der Waals surface area contributed by atoms with Gasteiger partial charge in [0.05, 0.1) is 23.7 Å². The molecule has 0 bridgehead atoms. The van der Waals surface area contributed by atoms with Crippen molar-refractivity contribution < 1.29 is 20.1 Å². The van der Waals surface area contributed by atoms with Crippen LogP contribution in [0.5, 0.6) is 5.75 Å². The quantitative estimate of drug-likeness (QED) is 0.626. The molecule has 3 aromatic rings. The number of hydrogen-bond acceptors (Lipinski definition) is 6. The summed E-state index contributed by atoms with van der Waals surface area (Å²) >= 11 is 0. The normalized spacial score (nSPS) is 17.0. The minimum absolute atomic E-state index is 0.0920. The van der Waals surface area contributed by atoms with Crippen LogP contribution in [-0.2, 0) is 0 Å². The zero-order chi connectivity index (χ0) is 20.5.